The summed E-state index contributed by atoms with van der Waals surface area (Å²) in [5.41, 5.74) is 1.79. The third-order valence-electron chi connectivity index (χ3n) is 6.81. The maximum Gasteiger partial charge on any atom is 0.417 e. The van der Waals surface area contributed by atoms with Gasteiger partial charge in [0.2, 0.25) is 10.0 Å². The highest BCUT2D eigenvalue weighted by Crippen LogP contribution is 2.39. The van der Waals surface area contributed by atoms with Crippen molar-refractivity contribution in [1.82, 2.24) is 4.31 Å². The molecule has 1 aliphatic heterocycles. The Morgan fingerprint density at radius 2 is 1.55 bits per heavy atom. The van der Waals surface area contributed by atoms with E-state index in [1.807, 2.05) is 36.4 Å². The minimum atomic E-state index is -4.54. The van der Waals surface area contributed by atoms with Crippen LogP contribution in [0.5, 0.6) is 0 Å². The molecule has 0 bridgehead atoms. The summed E-state index contributed by atoms with van der Waals surface area (Å²) in [6, 6.07) is 24.0. The van der Waals surface area contributed by atoms with Crippen molar-refractivity contribution in [2.24, 2.45) is 0 Å². The Morgan fingerprint density at radius 1 is 0.974 bits per heavy atom. The predicted molar refractivity (Wildman–Crippen MR) is 144 cm³/mol. The van der Waals surface area contributed by atoms with E-state index in [-0.39, 0.29) is 23.5 Å². The predicted octanol–water partition coefficient (Wildman–Crippen LogP) is 6.75. The molecular weight excluding hydrogens is 535 g/mol. The largest absolute Gasteiger partial charge is 0.417 e. The lowest BCUT2D eigenvalue weighted by molar-refractivity contribution is -0.137. The lowest BCUT2D eigenvalue weighted by Gasteiger charge is -2.37. The Kier molecular flexibility index (Phi) is 9.19. The first-order valence-electron chi connectivity index (χ1n) is 12.4. The standard InChI is InChI=1S/C29H30ClF3NO3S/c1-38(35,36)34-19-25(20-34)37-16-15-21(17-24-13-8-14-27(28(24)30)29(31,32)33)18-26(22-9-4-2-5-10-22)23-11-6-3-7-12-23/h2-14,25-26H,15-20H2,1H3. The van der Waals surface area contributed by atoms with Crippen LogP contribution in [0.1, 0.15) is 41.0 Å². The fraction of sp³-hybridized carbons (Fsp3) is 0.345. The molecule has 1 saturated heterocycles. The van der Waals surface area contributed by atoms with Crippen molar-refractivity contribution < 1.29 is 26.3 Å². The number of benzene rings is 3. The molecule has 1 aliphatic rings. The average Bonchev–Trinajstić information content (AvgIpc) is 2.84. The molecule has 0 atom stereocenters. The van der Waals surface area contributed by atoms with Gasteiger partial charge < -0.3 is 4.74 Å². The van der Waals surface area contributed by atoms with Gasteiger partial charge in [0.05, 0.1) is 22.9 Å². The lowest BCUT2D eigenvalue weighted by Crippen LogP contribution is -2.54. The van der Waals surface area contributed by atoms with E-state index in [2.05, 4.69) is 24.3 Å². The summed E-state index contributed by atoms with van der Waals surface area (Å²) in [4.78, 5) is 0. The first-order chi connectivity index (χ1) is 18.0. The molecule has 9 heteroatoms. The highest BCUT2D eigenvalue weighted by molar-refractivity contribution is 7.88. The van der Waals surface area contributed by atoms with Gasteiger partial charge in [-0.1, -0.05) is 84.4 Å². The number of nitrogens with zero attached hydrogens (tertiary/aromatic N) is 1. The van der Waals surface area contributed by atoms with Gasteiger partial charge >= 0.3 is 6.18 Å². The molecule has 1 fully saturated rings. The third-order valence-corrected chi connectivity index (χ3v) is 8.50. The maximum atomic E-state index is 13.5. The van der Waals surface area contributed by atoms with Gasteiger partial charge in [-0.15, -0.1) is 0 Å². The van der Waals surface area contributed by atoms with E-state index < -0.39 is 21.8 Å². The molecular formula is C29H30ClF3NO3S. The molecule has 0 unspecified atom stereocenters. The number of alkyl halides is 3. The van der Waals surface area contributed by atoms with Crippen LogP contribution in [0.15, 0.2) is 78.9 Å². The minimum absolute atomic E-state index is 0.00130. The van der Waals surface area contributed by atoms with Crippen molar-refractivity contribution in [2.45, 2.75) is 37.5 Å². The molecule has 4 nitrogen and oxygen atoms in total. The average molecular weight is 565 g/mol. The zero-order valence-corrected chi connectivity index (χ0v) is 22.6. The van der Waals surface area contributed by atoms with E-state index in [1.165, 1.54) is 16.6 Å². The molecule has 0 saturated carbocycles. The Morgan fingerprint density at radius 3 is 2.08 bits per heavy atom. The molecule has 38 heavy (non-hydrogen) atoms. The van der Waals surface area contributed by atoms with Crippen LogP contribution in [-0.4, -0.2) is 44.8 Å². The molecule has 3 aromatic carbocycles. The van der Waals surface area contributed by atoms with Gasteiger partial charge in [-0.2, -0.15) is 17.5 Å². The van der Waals surface area contributed by atoms with Crippen LogP contribution in [0.4, 0.5) is 13.2 Å². The smallest absolute Gasteiger partial charge is 0.375 e. The number of hydrogen-bond donors (Lipinski definition) is 0. The molecule has 0 amide bonds. The van der Waals surface area contributed by atoms with Gasteiger partial charge in [-0.05, 0) is 47.9 Å². The Bertz CT molecular complexity index is 1260. The van der Waals surface area contributed by atoms with Crippen molar-refractivity contribution in [3.8, 4) is 0 Å². The van der Waals surface area contributed by atoms with E-state index >= 15 is 0 Å². The normalized spacial score (nSPS) is 15.2. The van der Waals surface area contributed by atoms with Gasteiger partial charge in [-0.25, -0.2) is 8.42 Å². The summed E-state index contributed by atoms with van der Waals surface area (Å²) in [7, 11) is -3.24. The van der Waals surface area contributed by atoms with Crippen LogP contribution >= 0.6 is 11.6 Å². The van der Waals surface area contributed by atoms with Crippen molar-refractivity contribution in [3.05, 3.63) is 112 Å². The second-order valence-corrected chi connectivity index (χ2v) is 12.0. The number of hydrogen-bond acceptors (Lipinski definition) is 3. The SMILES string of the molecule is CS(=O)(=O)N1CC(OCC[C](Cc2cccc(C(F)(F)F)c2Cl)CC(c2ccccc2)c2ccccc2)C1. The molecule has 4 rings (SSSR count). The summed E-state index contributed by atoms with van der Waals surface area (Å²) in [6.45, 7) is 0.957. The first-order valence-corrected chi connectivity index (χ1v) is 14.6. The molecule has 1 heterocycles. The molecule has 0 aliphatic carbocycles. The number of sulfonamides is 1. The topological polar surface area (TPSA) is 46.6 Å². The Labute approximate surface area is 227 Å². The van der Waals surface area contributed by atoms with Gasteiger partial charge in [0, 0.05) is 25.6 Å². The van der Waals surface area contributed by atoms with Crippen LogP contribution in [0.3, 0.4) is 0 Å². The fourth-order valence-corrected chi connectivity index (χ4v) is 5.88. The maximum absolute atomic E-state index is 13.5. The van der Waals surface area contributed by atoms with E-state index in [1.54, 1.807) is 6.07 Å². The molecule has 0 N–H and O–H groups in total. The molecule has 3 aromatic rings. The Balaban J connectivity index is 1.55. The minimum Gasteiger partial charge on any atom is -0.375 e. The van der Waals surface area contributed by atoms with Crippen molar-refractivity contribution >= 4 is 21.6 Å². The molecule has 203 valence electrons. The van der Waals surface area contributed by atoms with E-state index in [0.717, 1.165) is 23.1 Å². The molecule has 1 radical (unpaired) electrons. The Hall–Kier alpha value is -2.39. The van der Waals surface area contributed by atoms with Gasteiger partial charge in [-0.3, -0.25) is 0 Å². The van der Waals surface area contributed by atoms with Crippen molar-refractivity contribution in [3.63, 3.8) is 0 Å². The molecule has 0 aromatic heterocycles. The quantitative estimate of drug-likeness (QED) is 0.259. The highest BCUT2D eigenvalue weighted by Gasteiger charge is 2.35. The third kappa shape index (κ3) is 7.38. The second-order valence-electron chi connectivity index (χ2n) is 9.60. The highest BCUT2D eigenvalue weighted by atomic mass is 35.5. The van der Waals surface area contributed by atoms with Crippen LogP contribution in [0.25, 0.3) is 0 Å². The first kappa shape index (κ1) is 28.6. The zero-order valence-electron chi connectivity index (χ0n) is 21.0. The number of halogens is 4. The van der Waals surface area contributed by atoms with Gasteiger partial charge in [0.25, 0.3) is 0 Å². The van der Waals surface area contributed by atoms with Crippen LogP contribution in [0.2, 0.25) is 5.02 Å². The fourth-order valence-electron chi connectivity index (χ4n) is 4.70. The summed E-state index contributed by atoms with van der Waals surface area (Å²) in [5, 5.41) is -0.280. The summed E-state index contributed by atoms with van der Waals surface area (Å²) < 4.78 is 71.1. The van der Waals surface area contributed by atoms with Gasteiger partial charge in [0.15, 0.2) is 0 Å². The van der Waals surface area contributed by atoms with E-state index in [9.17, 15) is 21.6 Å². The summed E-state index contributed by atoms with van der Waals surface area (Å²) >= 11 is 6.26. The van der Waals surface area contributed by atoms with Crippen LogP contribution in [-0.2, 0) is 27.4 Å². The number of ether oxygens (including phenoxy) is 1. The van der Waals surface area contributed by atoms with E-state index in [0.29, 0.717) is 38.1 Å². The van der Waals surface area contributed by atoms with Gasteiger partial charge in [0.1, 0.15) is 0 Å². The summed E-state index contributed by atoms with van der Waals surface area (Å²) in [6.07, 6.45) is -2.17. The monoisotopic (exact) mass is 564 g/mol. The van der Waals surface area contributed by atoms with Crippen LogP contribution in [0, 0.1) is 5.92 Å². The van der Waals surface area contributed by atoms with Crippen molar-refractivity contribution in [1.29, 1.82) is 0 Å². The second kappa shape index (κ2) is 12.2. The zero-order chi connectivity index (χ0) is 27.3. The summed E-state index contributed by atoms with van der Waals surface area (Å²) in [5.74, 6) is 1.00. The lowest BCUT2D eigenvalue weighted by atomic mass is 9.80. The van der Waals surface area contributed by atoms with Crippen LogP contribution < -0.4 is 0 Å². The molecule has 0 spiro atoms. The van der Waals surface area contributed by atoms with E-state index in [4.69, 9.17) is 16.3 Å². The van der Waals surface area contributed by atoms with Crippen molar-refractivity contribution in [2.75, 3.05) is 26.0 Å². The number of rotatable bonds is 11.